The number of phosphoric ester groups is 1. The molecule has 16 nitrogen and oxygen atoms in total. The van der Waals surface area contributed by atoms with Gasteiger partial charge in [-0.1, -0.05) is 0 Å². The molecule has 1 aliphatic heterocycles. The van der Waals surface area contributed by atoms with Crippen LogP contribution in [0.25, 0.3) is 0 Å². The minimum absolute atomic E-state index is 0. The maximum atomic E-state index is 11.7. The molecule has 2 heterocycles. The van der Waals surface area contributed by atoms with Gasteiger partial charge >= 0.3 is 94.4 Å². The molecular weight excluding hydrogens is 522 g/mol. The number of aromatic amines is 1. The van der Waals surface area contributed by atoms with Gasteiger partial charge in [0.15, 0.2) is 6.23 Å². The molecule has 1 fully saturated rings. The van der Waals surface area contributed by atoms with Crippen molar-refractivity contribution in [2.24, 2.45) is 0 Å². The first kappa shape index (κ1) is 35.2. The van der Waals surface area contributed by atoms with E-state index in [0.29, 0.717) is 0 Å². The molecule has 2 rings (SSSR count). The summed E-state index contributed by atoms with van der Waals surface area (Å²) in [4.78, 5) is 65.8. The molecule has 22 heteroatoms. The van der Waals surface area contributed by atoms with Gasteiger partial charge in [0.25, 0.3) is 29.0 Å². The second-order valence-electron chi connectivity index (χ2n) is 5.29. The van der Waals surface area contributed by atoms with Crippen molar-refractivity contribution in [1.29, 1.82) is 0 Å². The summed E-state index contributed by atoms with van der Waals surface area (Å²) in [7, 11) is -17.6. The number of aliphatic hydroxyl groups is 1. The molecule has 0 spiro atoms. The minimum atomic E-state index is -6.03. The number of hydrogen-bond donors (Lipinski definition) is 3. The number of aliphatic hydroxyl groups excluding tert-OH is 1. The Bertz CT molecular complexity index is 980. The van der Waals surface area contributed by atoms with Crippen molar-refractivity contribution in [2.75, 3.05) is 6.61 Å². The van der Waals surface area contributed by atoms with E-state index in [0.717, 1.165) is 16.8 Å². The first-order chi connectivity index (χ1) is 12.7. The predicted octanol–water partition coefficient (Wildman–Crippen LogP) is -12.4. The van der Waals surface area contributed by atoms with E-state index in [1.807, 2.05) is 4.98 Å². The van der Waals surface area contributed by atoms with Crippen LogP contribution in [-0.4, -0.2) is 38.4 Å². The SMILES string of the molecule is O=c1ccn([C@@H]2O[C@H](COP(=O)([O-])OP(=O)([O-])OP(=O)([O-])O)C[C@@H]2O)c(=O)[nH]1.[Na+].[Na+].[Na+]. The summed E-state index contributed by atoms with van der Waals surface area (Å²) in [5.41, 5.74) is -1.61. The molecule has 0 aromatic carbocycles. The Morgan fingerprint density at radius 2 is 1.71 bits per heavy atom. The van der Waals surface area contributed by atoms with Gasteiger partial charge in [0, 0.05) is 18.7 Å². The van der Waals surface area contributed by atoms with Gasteiger partial charge < -0.3 is 33.9 Å². The first-order valence-electron chi connectivity index (χ1n) is 7.05. The van der Waals surface area contributed by atoms with Crippen molar-refractivity contribution in [3.05, 3.63) is 33.1 Å². The predicted molar refractivity (Wildman–Crippen MR) is 79.0 cm³/mol. The molecule has 31 heavy (non-hydrogen) atoms. The Morgan fingerprint density at radius 3 is 2.23 bits per heavy atom. The fraction of sp³-hybridized carbons (Fsp3) is 0.556. The summed E-state index contributed by atoms with van der Waals surface area (Å²) in [6, 6.07) is 0.975. The van der Waals surface area contributed by atoms with Crippen LogP contribution in [0, 0.1) is 0 Å². The molecule has 3 unspecified atom stereocenters. The monoisotopic (exact) mass is 534 g/mol. The zero-order valence-corrected chi connectivity index (χ0v) is 25.1. The Hall–Kier alpha value is 2.01. The van der Waals surface area contributed by atoms with Gasteiger partial charge in [-0.05, 0) is 0 Å². The molecule has 1 aromatic rings. The van der Waals surface area contributed by atoms with Crippen LogP contribution >= 0.6 is 23.5 Å². The van der Waals surface area contributed by atoms with E-state index in [2.05, 4.69) is 13.1 Å². The van der Waals surface area contributed by atoms with Crippen LogP contribution in [0.15, 0.2) is 21.9 Å². The summed E-state index contributed by atoms with van der Waals surface area (Å²) in [5, 5.41) is 9.93. The fourth-order valence-corrected chi connectivity index (χ4v) is 5.09. The number of H-pyrrole nitrogens is 1. The van der Waals surface area contributed by atoms with Gasteiger partial charge in [0.05, 0.1) is 12.7 Å². The van der Waals surface area contributed by atoms with E-state index in [1.54, 1.807) is 0 Å². The van der Waals surface area contributed by atoms with Crippen LogP contribution < -0.4 is 115 Å². The third kappa shape index (κ3) is 12.0. The number of ether oxygens (including phenoxy) is 1. The number of rotatable bonds is 8. The third-order valence-electron chi connectivity index (χ3n) is 3.11. The number of aromatic nitrogens is 2. The summed E-state index contributed by atoms with van der Waals surface area (Å²) in [6.07, 6.45) is -3.02. The van der Waals surface area contributed by atoms with Gasteiger partial charge in [-0.3, -0.25) is 28.0 Å². The molecule has 0 amide bonds. The van der Waals surface area contributed by atoms with Crippen molar-refractivity contribution in [3.8, 4) is 0 Å². The largest absolute Gasteiger partial charge is 1.00 e. The molecule has 0 radical (unpaired) electrons. The number of nitrogens with zero attached hydrogens (tertiary/aromatic N) is 1. The molecule has 1 aliphatic rings. The number of phosphoric acid groups is 3. The van der Waals surface area contributed by atoms with E-state index in [1.165, 1.54) is 0 Å². The Kier molecular flexibility index (Phi) is 15.8. The Morgan fingerprint density at radius 1 is 1.13 bits per heavy atom. The van der Waals surface area contributed by atoms with Crippen molar-refractivity contribution in [3.63, 3.8) is 0 Å². The molecule has 1 saturated heterocycles. The normalized spacial score (nSPS) is 26.2. The maximum absolute atomic E-state index is 11.7. The maximum Gasteiger partial charge on any atom is 1.00 e. The molecule has 1 aromatic heterocycles. The van der Waals surface area contributed by atoms with Crippen LogP contribution in [0.3, 0.4) is 0 Å². The second kappa shape index (κ2) is 13.9. The van der Waals surface area contributed by atoms with Crippen molar-refractivity contribution in [1.82, 2.24) is 9.55 Å². The molecule has 160 valence electrons. The molecule has 3 N–H and O–H groups in total. The zero-order chi connectivity index (χ0) is 21.3. The number of hydrogen-bond acceptors (Lipinski definition) is 13. The molecule has 0 saturated carbocycles. The fourth-order valence-electron chi connectivity index (χ4n) is 2.18. The van der Waals surface area contributed by atoms with Crippen LogP contribution in [-0.2, 0) is 31.6 Å². The summed E-state index contributed by atoms with van der Waals surface area (Å²) < 4.78 is 49.7. The van der Waals surface area contributed by atoms with E-state index < -0.39 is 59.8 Å². The van der Waals surface area contributed by atoms with Crippen LogP contribution in [0.5, 0.6) is 0 Å². The smallest absolute Gasteiger partial charge is 0.756 e. The van der Waals surface area contributed by atoms with E-state index in [4.69, 9.17) is 9.63 Å². The zero-order valence-electron chi connectivity index (χ0n) is 16.4. The summed E-state index contributed by atoms with van der Waals surface area (Å²) in [6.45, 7) is -0.888. The van der Waals surface area contributed by atoms with Crippen LogP contribution in [0.2, 0.25) is 0 Å². The van der Waals surface area contributed by atoms with Gasteiger partial charge in [0.2, 0.25) is 0 Å². The minimum Gasteiger partial charge on any atom is -0.756 e. The van der Waals surface area contributed by atoms with Gasteiger partial charge in [0.1, 0.15) is 6.10 Å². The number of nitrogens with one attached hydrogen (secondary N) is 1. The van der Waals surface area contributed by atoms with E-state index in [9.17, 15) is 43.1 Å². The molecule has 0 aliphatic carbocycles. The Labute approximate surface area is 240 Å². The summed E-state index contributed by atoms with van der Waals surface area (Å²) >= 11 is 0. The molecule has 6 atom stereocenters. The average Bonchev–Trinajstić information content (AvgIpc) is 2.82. The Balaban J connectivity index is 0. The summed E-state index contributed by atoms with van der Waals surface area (Å²) in [5.74, 6) is 0. The topological polar surface area (TPSA) is 253 Å². The van der Waals surface area contributed by atoms with Crippen LogP contribution in [0.1, 0.15) is 12.6 Å². The van der Waals surface area contributed by atoms with Crippen molar-refractivity contribution < 1.29 is 145 Å². The standard InChI is InChI=1S/C9H15N2O14P3.3Na/c12-6-3-5(23-8(6)11-2-1-7(13)10-9(11)14)4-22-27(18,19)25-28(20,21)24-26(15,16)17;;;/h1-2,5-6,8,12H,3-4H2,(H,18,19)(H,20,21)(H,10,13,14)(H2,15,16,17);;;/q;3*+1/p-3/t5-,6-,8+;;;/m0.../s1. The van der Waals surface area contributed by atoms with Crippen LogP contribution in [0.4, 0.5) is 0 Å². The van der Waals surface area contributed by atoms with Crippen molar-refractivity contribution >= 4 is 23.5 Å². The van der Waals surface area contributed by atoms with E-state index in [-0.39, 0.29) is 95.1 Å². The average molecular weight is 534 g/mol. The first-order valence-corrected chi connectivity index (χ1v) is 11.5. The molecular formula is C9H12N2Na3O14P3. The second-order valence-corrected chi connectivity index (χ2v) is 9.58. The van der Waals surface area contributed by atoms with Crippen molar-refractivity contribution in [2.45, 2.75) is 24.9 Å². The van der Waals surface area contributed by atoms with Gasteiger partial charge in [-0.2, -0.15) is 0 Å². The molecule has 0 bridgehead atoms. The van der Waals surface area contributed by atoms with Gasteiger partial charge in [-0.15, -0.1) is 0 Å². The van der Waals surface area contributed by atoms with Gasteiger partial charge in [-0.25, -0.2) is 13.4 Å². The quantitative estimate of drug-likeness (QED) is 0.207. The third-order valence-corrected chi connectivity index (χ3v) is 6.80. The van der Waals surface area contributed by atoms with E-state index >= 15 is 0 Å².